The van der Waals surface area contributed by atoms with Crippen molar-refractivity contribution in [2.45, 2.75) is 5.22 Å². The van der Waals surface area contributed by atoms with Gasteiger partial charge in [-0.2, -0.15) is 0 Å². The fraction of sp³-hybridized carbons (Fsp3) is 0.214. The largest absolute Gasteiger partial charge is 0.497 e. The van der Waals surface area contributed by atoms with Gasteiger partial charge in [-0.1, -0.05) is 11.8 Å². The predicted molar refractivity (Wildman–Crippen MR) is 153 cm³/mol. The Labute approximate surface area is 239 Å². The number of hydrogen-bond donors (Lipinski definition) is 1. The summed E-state index contributed by atoms with van der Waals surface area (Å²) in [5.74, 6) is 0.763. The van der Waals surface area contributed by atoms with Crippen molar-refractivity contribution in [1.82, 2.24) is 15.1 Å². The number of methoxy groups -OCH3 is 1. The number of nitrogens with one attached hydrogen (secondary N) is 1. The number of carbonyl (C=O) groups excluding carboxylic acids is 2. The molecule has 1 N–H and O–H groups in total. The van der Waals surface area contributed by atoms with Crippen molar-refractivity contribution in [3.8, 4) is 17.2 Å². The van der Waals surface area contributed by atoms with Crippen LogP contribution in [0.25, 0.3) is 11.5 Å². The average molecular weight is 575 g/mol. The number of nitro groups is 1. The van der Waals surface area contributed by atoms with Crippen LogP contribution in [0.5, 0.6) is 5.75 Å². The summed E-state index contributed by atoms with van der Waals surface area (Å²) < 4.78 is 10.7. The summed E-state index contributed by atoms with van der Waals surface area (Å²) in [6, 6.07) is 20.5. The molecule has 1 aliphatic heterocycles. The lowest BCUT2D eigenvalue weighted by atomic mass is 10.1. The van der Waals surface area contributed by atoms with Gasteiger partial charge in [-0.25, -0.2) is 0 Å². The van der Waals surface area contributed by atoms with E-state index >= 15 is 0 Å². The van der Waals surface area contributed by atoms with Crippen LogP contribution in [0, 0.1) is 10.1 Å². The van der Waals surface area contributed by atoms with E-state index in [0.29, 0.717) is 48.7 Å². The quantitative estimate of drug-likeness (QED) is 0.174. The molecule has 0 aliphatic carbocycles. The summed E-state index contributed by atoms with van der Waals surface area (Å²) in [6.45, 7) is 2.64. The van der Waals surface area contributed by atoms with Crippen molar-refractivity contribution in [2.75, 3.05) is 49.3 Å². The molecule has 13 heteroatoms. The topological polar surface area (TPSA) is 144 Å². The Hall–Kier alpha value is -4.91. The highest BCUT2D eigenvalue weighted by molar-refractivity contribution is 7.99. The van der Waals surface area contributed by atoms with Crippen molar-refractivity contribution in [1.29, 1.82) is 0 Å². The van der Waals surface area contributed by atoms with E-state index in [1.807, 2.05) is 29.2 Å². The molecule has 0 atom stereocenters. The van der Waals surface area contributed by atoms with Gasteiger partial charge in [0.1, 0.15) is 5.75 Å². The molecule has 1 saturated heterocycles. The number of hydrogen-bond acceptors (Lipinski definition) is 10. The number of anilines is 2. The maximum Gasteiger partial charge on any atom is 0.277 e. The van der Waals surface area contributed by atoms with Crippen LogP contribution in [0.2, 0.25) is 0 Å². The van der Waals surface area contributed by atoms with Crippen LogP contribution in [-0.2, 0) is 4.79 Å². The van der Waals surface area contributed by atoms with Crippen LogP contribution >= 0.6 is 11.8 Å². The zero-order valence-electron chi connectivity index (χ0n) is 22.1. The van der Waals surface area contributed by atoms with Gasteiger partial charge in [0, 0.05) is 60.8 Å². The number of rotatable bonds is 9. The minimum Gasteiger partial charge on any atom is -0.497 e. The number of benzene rings is 3. The molecule has 4 aromatic rings. The van der Waals surface area contributed by atoms with Crippen molar-refractivity contribution < 1.29 is 23.7 Å². The Kier molecular flexibility index (Phi) is 8.44. The summed E-state index contributed by atoms with van der Waals surface area (Å²) in [6.07, 6.45) is 0. The van der Waals surface area contributed by atoms with Gasteiger partial charge in [0.25, 0.3) is 16.8 Å². The highest BCUT2D eigenvalue weighted by atomic mass is 32.2. The Bertz CT molecular complexity index is 1520. The molecule has 3 aromatic carbocycles. The van der Waals surface area contributed by atoms with Crippen molar-refractivity contribution in [2.24, 2.45) is 0 Å². The predicted octanol–water partition coefficient (Wildman–Crippen LogP) is 4.35. The molecule has 2 heterocycles. The van der Waals surface area contributed by atoms with Gasteiger partial charge in [0.2, 0.25) is 11.8 Å². The zero-order valence-corrected chi connectivity index (χ0v) is 22.9. The molecule has 41 heavy (non-hydrogen) atoms. The third-order valence-corrected chi connectivity index (χ3v) is 7.30. The number of non-ortho nitro benzene ring substituents is 1. The lowest BCUT2D eigenvalue weighted by Gasteiger charge is -2.36. The van der Waals surface area contributed by atoms with Crippen LogP contribution in [0.1, 0.15) is 10.4 Å². The first-order valence-corrected chi connectivity index (χ1v) is 13.7. The first-order valence-electron chi connectivity index (χ1n) is 12.7. The number of amides is 2. The van der Waals surface area contributed by atoms with Gasteiger partial charge in [-0.05, 0) is 60.7 Å². The van der Waals surface area contributed by atoms with E-state index in [2.05, 4.69) is 20.4 Å². The Balaban J connectivity index is 1.07. The van der Waals surface area contributed by atoms with Crippen LogP contribution < -0.4 is 15.0 Å². The summed E-state index contributed by atoms with van der Waals surface area (Å²) in [7, 11) is 1.59. The smallest absolute Gasteiger partial charge is 0.277 e. The standard InChI is InChI=1S/C28H26N6O6S/c1-39-24-12-4-20(5-13-24)27(36)33-16-14-32(15-17-33)22-10-6-21(7-11-22)29-25(35)18-41-28-31-30-26(40-28)19-2-8-23(9-3-19)34(37)38/h2-13H,14-18H2,1H3,(H,29,35). The molecular formula is C28H26N6O6S. The van der Waals surface area contributed by atoms with Crippen LogP contribution in [0.3, 0.4) is 0 Å². The molecule has 1 fully saturated rings. The average Bonchev–Trinajstić information content (AvgIpc) is 3.49. The highest BCUT2D eigenvalue weighted by Crippen LogP contribution is 2.26. The van der Waals surface area contributed by atoms with E-state index < -0.39 is 4.92 Å². The van der Waals surface area contributed by atoms with E-state index in [-0.39, 0.29) is 34.4 Å². The van der Waals surface area contributed by atoms with E-state index in [1.165, 1.54) is 24.3 Å². The SMILES string of the molecule is COc1ccc(C(=O)N2CCN(c3ccc(NC(=O)CSc4nnc(-c5ccc([N+](=O)[O-])cc5)o4)cc3)CC2)cc1. The molecule has 210 valence electrons. The monoisotopic (exact) mass is 574 g/mol. The molecule has 1 aromatic heterocycles. The highest BCUT2D eigenvalue weighted by Gasteiger charge is 2.22. The Morgan fingerprint density at radius 2 is 1.66 bits per heavy atom. The molecule has 1 aliphatic rings. The van der Waals surface area contributed by atoms with Gasteiger partial charge in [0.15, 0.2) is 0 Å². The van der Waals surface area contributed by atoms with Crippen LogP contribution in [0.4, 0.5) is 17.1 Å². The second-order valence-electron chi connectivity index (χ2n) is 9.07. The van der Waals surface area contributed by atoms with Gasteiger partial charge < -0.3 is 24.3 Å². The van der Waals surface area contributed by atoms with Gasteiger partial charge >= 0.3 is 0 Å². The van der Waals surface area contributed by atoms with Crippen LogP contribution in [-0.4, -0.2) is 70.9 Å². The van der Waals surface area contributed by atoms with Crippen molar-refractivity contribution in [3.63, 3.8) is 0 Å². The third-order valence-electron chi connectivity index (χ3n) is 6.48. The van der Waals surface area contributed by atoms with Gasteiger partial charge in [0.05, 0.1) is 17.8 Å². The lowest BCUT2D eigenvalue weighted by Crippen LogP contribution is -2.48. The van der Waals surface area contributed by atoms with Crippen LogP contribution in [0.15, 0.2) is 82.4 Å². The third kappa shape index (κ3) is 6.81. The molecule has 0 unspecified atom stereocenters. The minimum absolute atomic E-state index is 0.00587. The van der Waals surface area contributed by atoms with E-state index in [9.17, 15) is 19.7 Å². The molecule has 12 nitrogen and oxygen atoms in total. The number of carbonyl (C=O) groups is 2. The molecule has 2 amide bonds. The van der Waals surface area contributed by atoms with Crippen molar-refractivity contribution in [3.05, 3.63) is 88.5 Å². The van der Waals surface area contributed by atoms with Gasteiger partial charge in [-0.3, -0.25) is 19.7 Å². The maximum atomic E-state index is 12.8. The lowest BCUT2D eigenvalue weighted by molar-refractivity contribution is -0.384. The Morgan fingerprint density at radius 1 is 0.976 bits per heavy atom. The minimum atomic E-state index is -0.485. The normalized spacial score (nSPS) is 13.1. The maximum absolute atomic E-state index is 12.8. The fourth-order valence-electron chi connectivity index (χ4n) is 4.27. The van der Waals surface area contributed by atoms with E-state index in [1.54, 1.807) is 31.4 Å². The second-order valence-corrected chi connectivity index (χ2v) is 10.00. The molecule has 0 radical (unpaired) electrons. The van der Waals surface area contributed by atoms with Crippen molar-refractivity contribution >= 4 is 40.6 Å². The molecule has 0 saturated carbocycles. The number of ether oxygens (including phenoxy) is 1. The fourth-order valence-corrected chi connectivity index (χ4v) is 4.84. The summed E-state index contributed by atoms with van der Waals surface area (Å²) >= 11 is 1.09. The molecule has 0 spiro atoms. The second kappa shape index (κ2) is 12.5. The number of piperazine rings is 1. The summed E-state index contributed by atoms with van der Waals surface area (Å²) in [4.78, 5) is 39.7. The first kappa shape index (κ1) is 27.6. The Morgan fingerprint density at radius 3 is 2.29 bits per heavy atom. The molecule has 0 bridgehead atoms. The zero-order chi connectivity index (χ0) is 28.8. The first-order chi connectivity index (χ1) is 19.9. The number of aromatic nitrogens is 2. The number of nitrogens with zero attached hydrogens (tertiary/aromatic N) is 5. The number of thioether (sulfide) groups is 1. The molecular weight excluding hydrogens is 548 g/mol. The van der Waals surface area contributed by atoms with E-state index in [4.69, 9.17) is 9.15 Å². The number of nitro benzene ring substituents is 1. The summed E-state index contributed by atoms with van der Waals surface area (Å²) in [5, 5.41) is 21.7. The van der Waals surface area contributed by atoms with Gasteiger partial charge in [-0.15, -0.1) is 10.2 Å². The van der Waals surface area contributed by atoms with E-state index in [0.717, 1.165) is 17.4 Å². The summed E-state index contributed by atoms with van der Waals surface area (Å²) in [5.41, 5.74) is 2.82. The molecule has 5 rings (SSSR count).